The fourth-order valence-electron chi connectivity index (χ4n) is 3.08. The summed E-state index contributed by atoms with van der Waals surface area (Å²) in [6.07, 6.45) is 3.55. The maximum absolute atomic E-state index is 12.1. The van der Waals surface area contributed by atoms with Gasteiger partial charge in [-0.1, -0.05) is 30.3 Å². The average molecular weight is 349 g/mol. The number of pyridine rings is 1. The number of amides is 1. The smallest absolute Gasteiger partial charge is 0.237 e. The van der Waals surface area contributed by atoms with Gasteiger partial charge in [0.15, 0.2) is 0 Å². The minimum Gasteiger partial charge on any atom is -0.369 e. The van der Waals surface area contributed by atoms with E-state index in [1.807, 2.05) is 36.5 Å². The highest BCUT2D eigenvalue weighted by Gasteiger charge is 2.27. The number of rotatable bonds is 7. The van der Waals surface area contributed by atoms with Crippen molar-refractivity contribution in [1.29, 1.82) is 5.26 Å². The van der Waals surface area contributed by atoms with Crippen molar-refractivity contribution >= 4 is 11.7 Å². The van der Waals surface area contributed by atoms with Gasteiger partial charge in [0, 0.05) is 31.4 Å². The van der Waals surface area contributed by atoms with Crippen LogP contribution in [0.1, 0.15) is 12.8 Å². The average Bonchev–Trinajstić information content (AvgIpc) is 3.18. The van der Waals surface area contributed by atoms with Crippen LogP contribution in [0, 0.1) is 11.3 Å². The summed E-state index contributed by atoms with van der Waals surface area (Å²) >= 11 is 0. The Balaban J connectivity index is 1.37. The zero-order valence-corrected chi connectivity index (χ0v) is 14.7. The minimum atomic E-state index is -0.255. The Hall–Kier alpha value is -2.91. The first-order valence-corrected chi connectivity index (χ1v) is 8.93. The van der Waals surface area contributed by atoms with Gasteiger partial charge in [-0.3, -0.25) is 4.79 Å². The van der Waals surface area contributed by atoms with Crippen molar-refractivity contribution in [3.63, 3.8) is 0 Å². The summed E-state index contributed by atoms with van der Waals surface area (Å²) < 4.78 is 0. The molecular weight excluding hydrogens is 326 g/mol. The van der Waals surface area contributed by atoms with E-state index in [9.17, 15) is 4.79 Å². The molecule has 26 heavy (non-hydrogen) atoms. The third-order valence-corrected chi connectivity index (χ3v) is 4.48. The summed E-state index contributed by atoms with van der Waals surface area (Å²) in [7, 11) is 0. The number of nitrogens with one attached hydrogen (secondary N) is 2. The molecule has 1 saturated heterocycles. The van der Waals surface area contributed by atoms with Crippen LogP contribution in [0.25, 0.3) is 11.1 Å². The van der Waals surface area contributed by atoms with E-state index in [4.69, 9.17) is 5.26 Å². The van der Waals surface area contributed by atoms with Gasteiger partial charge in [0.2, 0.25) is 5.91 Å². The molecule has 2 heterocycles. The van der Waals surface area contributed by atoms with Gasteiger partial charge in [-0.05, 0) is 30.5 Å². The van der Waals surface area contributed by atoms with E-state index in [1.54, 1.807) is 4.90 Å². The highest BCUT2D eigenvalue weighted by Crippen LogP contribution is 2.19. The van der Waals surface area contributed by atoms with E-state index in [1.165, 1.54) is 0 Å². The van der Waals surface area contributed by atoms with Crippen molar-refractivity contribution in [2.45, 2.75) is 18.9 Å². The maximum atomic E-state index is 12.1. The summed E-state index contributed by atoms with van der Waals surface area (Å²) in [6, 6.07) is 16.1. The van der Waals surface area contributed by atoms with Gasteiger partial charge >= 0.3 is 0 Å². The molecule has 1 aliphatic heterocycles. The number of aromatic nitrogens is 1. The molecule has 0 saturated carbocycles. The summed E-state index contributed by atoms with van der Waals surface area (Å²) in [5, 5.41) is 15.4. The number of likely N-dealkylation sites (tertiary alicyclic amines) is 1. The molecule has 0 radical (unpaired) electrons. The molecule has 1 aromatic heterocycles. The van der Waals surface area contributed by atoms with Crippen molar-refractivity contribution in [1.82, 2.24) is 15.2 Å². The number of nitriles is 1. The number of nitrogens with zero attached hydrogens (tertiary/aromatic N) is 3. The number of benzene rings is 1. The number of carbonyl (C=O) groups excluding carboxylic acids is 1. The van der Waals surface area contributed by atoms with Crippen LogP contribution in [-0.4, -0.2) is 48.0 Å². The van der Waals surface area contributed by atoms with Gasteiger partial charge < -0.3 is 15.5 Å². The predicted molar refractivity (Wildman–Crippen MR) is 101 cm³/mol. The number of carbonyl (C=O) groups is 1. The number of anilines is 1. The van der Waals surface area contributed by atoms with Crippen LogP contribution in [-0.2, 0) is 4.79 Å². The van der Waals surface area contributed by atoms with Crippen LogP contribution in [0.3, 0.4) is 0 Å². The van der Waals surface area contributed by atoms with E-state index in [2.05, 4.69) is 33.8 Å². The Morgan fingerprint density at radius 3 is 2.77 bits per heavy atom. The SMILES string of the molecule is N#C[C@@H]1CCCN1C(=O)CNCCNc1ccc(-c2ccccc2)cn1. The van der Waals surface area contributed by atoms with Crippen molar-refractivity contribution in [2.24, 2.45) is 0 Å². The normalized spacial score (nSPS) is 16.3. The van der Waals surface area contributed by atoms with Crippen molar-refractivity contribution in [2.75, 3.05) is 31.5 Å². The molecule has 1 aromatic carbocycles. The second kappa shape index (κ2) is 8.97. The van der Waals surface area contributed by atoms with Crippen LogP contribution >= 0.6 is 0 Å². The van der Waals surface area contributed by atoms with Crippen molar-refractivity contribution in [3.05, 3.63) is 48.7 Å². The zero-order valence-electron chi connectivity index (χ0n) is 14.7. The van der Waals surface area contributed by atoms with Crippen LogP contribution in [0.15, 0.2) is 48.7 Å². The molecule has 1 amide bonds. The van der Waals surface area contributed by atoms with Crippen molar-refractivity contribution in [3.8, 4) is 17.2 Å². The number of hydrogen-bond acceptors (Lipinski definition) is 5. The Labute approximate surface area is 153 Å². The lowest BCUT2D eigenvalue weighted by Crippen LogP contribution is -2.41. The first-order valence-electron chi connectivity index (χ1n) is 8.93. The lowest BCUT2D eigenvalue weighted by Gasteiger charge is -2.19. The summed E-state index contributed by atoms with van der Waals surface area (Å²) in [5.74, 6) is 0.807. The van der Waals surface area contributed by atoms with Gasteiger partial charge in [-0.2, -0.15) is 5.26 Å². The van der Waals surface area contributed by atoms with E-state index in [0.717, 1.165) is 29.8 Å². The molecule has 2 N–H and O–H groups in total. The van der Waals surface area contributed by atoms with Gasteiger partial charge in [0.05, 0.1) is 12.6 Å². The second-order valence-corrected chi connectivity index (χ2v) is 6.28. The molecule has 134 valence electrons. The molecule has 6 nitrogen and oxygen atoms in total. The van der Waals surface area contributed by atoms with Gasteiger partial charge in [-0.25, -0.2) is 4.98 Å². The van der Waals surface area contributed by atoms with E-state index in [0.29, 0.717) is 19.6 Å². The van der Waals surface area contributed by atoms with Gasteiger partial charge in [0.25, 0.3) is 0 Å². The molecule has 3 rings (SSSR count). The fraction of sp³-hybridized carbons (Fsp3) is 0.350. The monoisotopic (exact) mass is 349 g/mol. The Kier molecular flexibility index (Phi) is 6.18. The van der Waals surface area contributed by atoms with E-state index >= 15 is 0 Å². The first kappa shape index (κ1) is 17.9. The quantitative estimate of drug-likeness (QED) is 0.750. The first-order chi connectivity index (χ1) is 12.8. The Morgan fingerprint density at radius 1 is 1.19 bits per heavy atom. The molecule has 1 atom stereocenters. The van der Waals surface area contributed by atoms with Crippen LogP contribution < -0.4 is 10.6 Å². The lowest BCUT2D eigenvalue weighted by atomic mass is 10.1. The van der Waals surface area contributed by atoms with Crippen molar-refractivity contribution < 1.29 is 4.79 Å². The van der Waals surface area contributed by atoms with Crippen LogP contribution in [0.5, 0.6) is 0 Å². The molecule has 1 fully saturated rings. The molecule has 0 unspecified atom stereocenters. The molecule has 1 aliphatic rings. The highest BCUT2D eigenvalue weighted by atomic mass is 16.2. The Morgan fingerprint density at radius 2 is 2.04 bits per heavy atom. The third-order valence-electron chi connectivity index (χ3n) is 4.48. The summed E-state index contributed by atoms with van der Waals surface area (Å²) in [4.78, 5) is 18.2. The molecule has 6 heteroatoms. The third kappa shape index (κ3) is 4.58. The Bertz CT molecular complexity index is 754. The standard InChI is InChI=1S/C20H23N5O/c21-13-18-7-4-12-25(18)20(26)15-22-10-11-23-19-9-8-17(14-24-19)16-5-2-1-3-6-16/h1-3,5-6,8-9,14,18,22H,4,7,10-12,15H2,(H,23,24)/t18-/m0/s1. The highest BCUT2D eigenvalue weighted by molar-refractivity contribution is 5.79. The summed E-state index contributed by atoms with van der Waals surface area (Å²) in [6.45, 7) is 2.28. The van der Waals surface area contributed by atoms with Gasteiger partial charge in [-0.15, -0.1) is 0 Å². The summed E-state index contributed by atoms with van der Waals surface area (Å²) in [5.41, 5.74) is 2.22. The largest absolute Gasteiger partial charge is 0.369 e. The van der Waals surface area contributed by atoms with Crippen LogP contribution in [0.4, 0.5) is 5.82 Å². The molecule has 0 bridgehead atoms. The number of hydrogen-bond donors (Lipinski definition) is 2. The molecule has 0 aliphatic carbocycles. The molecular formula is C20H23N5O. The molecule has 2 aromatic rings. The second-order valence-electron chi connectivity index (χ2n) is 6.28. The maximum Gasteiger partial charge on any atom is 0.237 e. The van der Waals surface area contributed by atoms with E-state index in [-0.39, 0.29) is 18.5 Å². The van der Waals surface area contributed by atoms with Gasteiger partial charge in [0.1, 0.15) is 11.9 Å². The lowest BCUT2D eigenvalue weighted by molar-refractivity contribution is -0.130. The zero-order chi connectivity index (χ0) is 18.2. The van der Waals surface area contributed by atoms with Crippen LogP contribution in [0.2, 0.25) is 0 Å². The van der Waals surface area contributed by atoms with E-state index < -0.39 is 0 Å². The fourth-order valence-corrected chi connectivity index (χ4v) is 3.08. The molecule has 0 spiro atoms. The topological polar surface area (TPSA) is 81.0 Å². The predicted octanol–water partition coefficient (Wildman–Crippen LogP) is 2.26. The minimum absolute atomic E-state index is 0.000566.